The number of allylic oxidation sites excluding steroid dienone is 20. The van der Waals surface area contributed by atoms with Gasteiger partial charge in [0.15, 0.2) is 6.10 Å². The second-order valence-electron chi connectivity index (χ2n) is 23.4. The van der Waals surface area contributed by atoms with Crippen LogP contribution < -0.4 is 0 Å². The van der Waals surface area contributed by atoms with Crippen molar-refractivity contribution in [2.24, 2.45) is 0 Å². The van der Waals surface area contributed by atoms with Gasteiger partial charge in [-0.2, -0.15) is 0 Å². The van der Waals surface area contributed by atoms with Crippen molar-refractivity contribution in [2.75, 3.05) is 47.5 Å². The molecule has 9 heteroatoms. The maximum atomic E-state index is 12.9. The fourth-order valence-electron chi connectivity index (χ4n) is 9.06. The number of aliphatic carboxylic acids is 1. The van der Waals surface area contributed by atoms with Gasteiger partial charge in [-0.1, -0.05) is 270 Å². The summed E-state index contributed by atoms with van der Waals surface area (Å²) in [7, 11) is 5.97. The van der Waals surface area contributed by atoms with Crippen molar-refractivity contribution in [3.63, 3.8) is 0 Å². The van der Waals surface area contributed by atoms with E-state index in [0.29, 0.717) is 23.9 Å². The lowest BCUT2D eigenvalue weighted by Crippen LogP contribution is -2.40. The van der Waals surface area contributed by atoms with Crippen LogP contribution in [0.15, 0.2) is 122 Å². The molecular formula is C74H126NO8+. The molecule has 0 aliphatic rings. The Kier molecular flexibility index (Phi) is 60.4. The van der Waals surface area contributed by atoms with E-state index >= 15 is 0 Å². The summed E-state index contributed by atoms with van der Waals surface area (Å²) in [5, 5.41) is 9.74. The van der Waals surface area contributed by atoms with Crippen LogP contribution in [0.2, 0.25) is 0 Å². The number of carboxylic acids is 1. The average Bonchev–Trinajstić information content (AvgIpc) is 3.46. The molecule has 0 fully saturated rings. The summed E-state index contributed by atoms with van der Waals surface area (Å²) in [6.07, 6.45) is 87.2. The molecule has 0 aromatic carbocycles. The van der Waals surface area contributed by atoms with Gasteiger partial charge in [0.25, 0.3) is 6.29 Å². The van der Waals surface area contributed by atoms with E-state index in [1.54, 1.807) is 0 Å². The summed E-state index contributed by atoms with van der Waals surface area (Å²) in [6.45, 7) is 4.76. The maximum absolute atomic E-state index is 12.9. The minimum absolute atomic E-state index is 0.180. The summed E-state index contributed by atoms with van der Waals surface area (Å²) in [5.41, 5.74) is 0. The van der Waals surface area contributed by atoms with E-state index in [-0.39, 0.29) is 32.2 Å². The van der Waals surface area contributed by atoms with Gasteiger partial charge < -0.3 is 28.5 Å². The summed E-state index contributed by atoms with van der Waals surface area (Å²) in [5.74, 6) is -2.02. The van der Waals surface area contributed by atoms with Gasteiger partial charge in [-0.3, -0.25) is 9.59 Å². The molecule has 83 heavy (non-hydrogen) atoms. The smallest absolute Gasteiger partial charge is 0.361 e. The van der Waals surface area contributed by atoms with Crippen molar-refractivity contribution in [3.05, 3.63) is 122 Å². The topological polar surface area (TPSA) is 108 Å². The van der Waals surface area contributed by atoms with Crippen molar-refractivity contribution in [1.29, 1.82) is 0 Å². The number of hydrogen-bond donors (Lipinski definition) is 1. The first-order chi connectivity index (χ1) is 40.6. The van der Waals surface area contributed by atoms with E-state index in [2.05, 4.69) is 135 Å². The summed E-state index contributed by atoms with van der Waals surface area (Å²) >= 11 is 0. The largest absolute Gasteiger partial charge is 0.477 e. The fourth-order valence-corrected chi connectivity index (χ4v) is 9.06. The van der Waals surface area contributed by atoms with Crippen molar-refractivity contribution >= 4 is 17.9 Å². The number of carbonyl (C=O) groups is 3. The Balaban J connectivity index is 4.22. The maximum Gasteiger partial charge on any atom is 0.361 e. The lowest BCUT2D eigenvalue weighted by molar-refractivity contribution is -0.870. The molecule has 0 saturated heterocycles. The van der Waals surface area contributed by atoms with Crippen LogP contribution in [0.25, 0.3) is 0 Å². The van der Waals surface area contributed by atoms with E-state index in [9.17, 15) is 19.5 Å². The zero-order valence-corrected chi connectivity index (χ0v) is 54.1. The van der Waals surface area contributed by atoms with Crippen LogP contribution in [-0.4, -0.2) is 87.4 Å². The molecule has 0 aliphatic carbocycles. The van der Waals surface area contributed by atoms with Crippen LogP contribution in [0.3, 0.4) is 0 Å². The monoisotopic (exact) mass is 1160 g/mol. The highest BCUT2D eigenvalue weighted by molar-refractivity contribution is 5.71. The van der Waals surface area contributed by atoms with Gasteiger partial charge in [0.1, 0.15) is 13.2 Å². The predicted octanol–water partition coefficient (Wildman–Crippen LogP) is 20.8. The number of esters is 2. The second kappa shape index (κ2) is 63.7. The second-order valence-corrected chi connectivity index (χ2v) is 23.4. The summed E-state index contributed by atoms with van der Waals surface area (Å²) in [6, 6.07) is 0. The summed E-state index contributed by atoms with van der Waals surface area (Å²) in [4.78, 5) is 37.6. The van der Waals surface area contributed by atoms with Gasteiger partial charge in [-0.15, -0.1) is 0 Å². The molecule has 0 aliphatic heterocycles. The van der Waals surface area contributed by atoms with Crippen molar-refractivity contribution < 1.29 is 42.9 Å². The summed E-state index contributed by atoms with van der Waals surface area (Å²) < 4.78 is 22.9. The van der Waals surface area contributed by atoms with Gasteiger partial charge in [-0.25, -0.2) is 4.79 Å². The lowest BCUT2D eigenvalue weighted by Gasteiger charge is -2.25. The molecule has 2 unspecified atom stereocenters. The number of quaternary nitrogens is 1. The van der Waals surface area contributed by atoms with E-state index in [4.69, 9.17) is 18.9 Å². The van der Waals surface area contributed by atoms with E-state index in [1.807, 2.05) is 21.1 Å². The molecule has 0 aromatic heterocycles. The van der Waals surface area contributed by atoms with Crippen LogP contribution in [0.4, 0.5) is 0 Å². The number of hydrogen-bond acceptors (Lipinski definition) is 7. The van der Waals surface area contributed by atoms with Gasteiger partial charge in [0.05, 0.1) is 34.4 Å². The molecular weight excluding hydrogens is 1030 g/mol. The molecule has 0 spiro atoms. The highest BCUT2D eigenvalue weighted by Crippen LogP contribution is 2.16. The van der Waals surface area contributed by atoms with E-state index in [1.165, 1.54) is 135 Å². The number of rotatable bonds is 61. The molecule has 0 aromatic rings. The highest BCUT2D eigenvalue weighted by Gasteiger charge is 2.25. The molecule has 0 rings (SSSR count). The quantitative estimate of drug-likeness (QED) is 0.0211. The molecule has 0 bridgehead atoms. The zero-order valence-electron chi connectivity index (χ0n) is 54.1. The predicted molar refractivity (Wildman–Crippen MR) is 354 cm³/mol. The van der Waals surface area contributed by atoms with Gasteiger partial charge in [0.2, 0.25) is 0 Å². The highest BCUT2D eigenvalue weighted by atomic mass is 16.7. The Hall–Kier alpha value is -4.31. The number of nitrogens with zero attached hydrogens (tertiary/aromatic N) is 1. The molecule has 0 amide bonds. The number of likely N-dealkylation sites (N-methyl/N-ethyl adjacent to an activating group) is 1. The Morgan fingerprint density at radius 2 is 0.687 bits per heavy atom. The molecule has 474 valence electrons. The Morgan fingerprint density at radius 1 is 0.373 bits per heavy atom. The minimum atomic E-state index is -1.52. The van der Waals surface area contributed by atoms with Gasteiger partial charge in [-0.05, 0) is 109 Å². The third-order valence-electron chi connectivity index (χ3n) is 14.2. The first-order valence-corrected chi connectivity index (χ1v) is 33.7. The molecule has 0 radical (unpaired) electrons. The molecule has 9 nitrogen and oxygen atoms in total. The Morgan fingerprint density at radius 3 is 1.04 bits per heavy atom. The number of carboxylic acid groups (broad SMARTS) is 1. The Labute approximate surface area is 510 Å². The van der Waals surface area contributed by atoms with Crippen molar-refractivity contribution in [3.8, 4) is 0 Å². The van der Waals surface area contributed by atoms with Gasteiger partial charge in [0, 0.05) is 12.8 Å². The van der Waals surface area contributed by atoms with Crippen LogP contribution in [-0.2, 0) is 33.3 Å². The number of carbonyl (C=O) groups excluding carboxylic acids is 2. The van der Waals surface area contributed by atoms with E-state index < -0.39 is 24.3 Å². The van der Waals surface area contributed by atoms with Crippen LogP contribution in [0.1, 0.15) is 271 Å². The number of unbranched alkanes of at least 4 members (excludes halogenated alkanes) is 26. The molecule has 2 atom stereocenters. The molecule has 0 saturated carbocycles. The standard InChI is InChI=1S/C74H125NO8/c1-6-8-10-12-14-16-18-20-22-24-26-28-30-31-32-33-34-35-36-37-38-39-40-41-43-45-47-49-51-53-55-57-59-61-63-65-72(77)83-70(69-82-74(73(78)79)80-67-66-75(3,4)5)68-81-71(76)64-62-60-58-56-54-52-50-48-46-44-42-29-27-25-23-21-19-17-15-13-11-9-7-2/h8,10,14,16,20,22,25-28,31-32,34-35,37-38,40-41,45,47,70,74H,6-7,9,11-13,15,17-19,21,23-24,29-30,33,36,39,42-44,46,48-69H2,1-5H3/p+1/b10-8-,16-14-,22-20-,27-25-,28-26-,32-31-,35-34-,38-37-,41-40-,47-45-. The van der Waals surface area contributed by atoms with Crippen LogP contribution in [0.5, 0.6) is 0 Å². The SMILES string of the molecule is CC/C=C\C/C=C\C/C=C\C/C=C\C/C=C\C/C=C\C/C=C\C/C=C\C/C=C\CCCCCCCCCC(=O)OC(COC(=O)CCCCCCCCCCCCC/C=C\CCCCCCCCCC)COC(OCC[N+](C)(C)C)C(=O)O. The van der Waals surface area contributed by atoms with Crippen molar-refractivity contribution in [1.82, 2.24) is 0 Å². The minimum Gasteiger partial charge on any atom is -0.477 e. The third-order valence-corrected chi connectivity index (χ3v) is 14.2. The van der Waals surface area contributed by atoms with Crippen LogP contribution in [0, 0.1) is 0 Å². The van der Waals surface area contributed by atoms with Crippen molar-refractivity contribution in [2.45, 2.75) is 283 Å². The fraction of sp³-hybridized carbons (Fsp3) is 0.689. The Bertz CT molecular complexity index is 1780. The normalized spacial score (nSPS) is 13.5. The molecule has 1 N–H and O–H groups in total. The van der Waals surface area contributed by atoms with Crippen LogP contribution >= 0.6 is 0 Å². The zero-order chi connectivity index (χ0) is 60.5. The average molecular weight is 1160 g/mol. The first kappa shape index (κ1) is 78.7. The van der Waals surface area contributed by atoms with Gasteiger partial charge >= 0.3 is 17.9 Å². The lowest BCUT2D eigenvalue weighted by atomic mass is 10.0. The van der Waals surface area contributed by atoms with E-state index in [0.717, 1.165) is 103 Å². The third kappa shape index (κ3) is 65.1. The molecule has 0 heterocycles. The first-order valence-electron chi connectivity index (χ1n) is 33.7. The number of ether oxygens (including phenoxy) is 4.